The molecule has 4 rings (SSSR count). The number of nitrogens with one attached hydrogen (secondary N) is 1. The van der Waals surface area contributed by atoms with E-state index >= 15 is 0 Å². The average Bonchev–Trinajstić information content (AvgIpc) is 3.09. The summed E-state index contributed by atoms with van der Waals surface area (Å²) in [6.45, 7) is 3.91. The van der Waals surface area contributed by atoms with Gasteiger partial charge >= 0.3 is 0 Å². The quantitative estimate of drug-likeness (QED) is 0.354. The Balaban J connectivity index is 1.74. The fourth-order valence-electron chi connectivity index (χ4n) is 3.86. The summed E-state index contributed by atoms with van der Waals surface area (Å²) >= 11 is 5.28. The number of thiocarbonyl (C=S) groups is 1. The van der Waals surface area contributed by atoms with Crippen LogP contribution in [0.5, 0.6) is 11.5 Å². The third kappa shape index (κ3) is 4.12. The Bertz CT molecular complexity index is 1290. The number of ether oxygens (including phenoxy) is 2. The second-order valence-electron chi connectivity index (χ2n) is 7.52. The molecular weight excluding hydrogens is 438 g/mol. The third-order valence-electron chi connectivity index (χ3n) is 5.51. The van der Waals surface area contributed by atoms with Crippen LogP contribution in [0, 0.1) is 13.8 Å². The van der Waals surface area contributed by atoms with Gasteiger partial charge in [-0.1, -0.05) is 6.07 Å². The highest BCUT2D eigenvalue weighted by atomic mass is 32.1. The first-order chi connectivity index (χ1) is 15.8. The lowest BCUT2D eigenvalue weighted by atomic mass is 10.1. The fraction of sp³-hybridized carbons (Fsp3) is 0.160. The van der Waals surface area contributed by atoms with E-state index in [1.165, 1.54) is 4.90 Å². The van der Waals surface area contributed by atoms with E-state index < -0.39 is 11.8 Å². The minimum Gasteiger partial charge on any atom is -0.497 e. The molecule has 1 aliphatic heterocycles. The number of rotatable bonds is 5. The molecule has 33 heavy (non-hydrogen) atoms. The topological polar surface area (TPSA) is 72.8 Å². The maximum absolute atomic E-state index is 13.3. The van der Waals surface area contributed by atoms with Crippen molar-refractivity contribution < 1.29 is 19.1 Å². The summed E-state index contributed by atoms with van der Waals surface area (Å²) in [7, 11) is 3.19. The predicted molar refractivity (Wildman–Crippen MR) is 131 cm³/mol. The van der Waals surface area contributed by atoms with Gasteiger partial charge in [0.2, 0.25) is 0 Å². The molecule has 1 aliphatic rings. The van der Waals surface area contributed by atoms with Gasteiger partial charge in [-0.05, 0) is 80.2 Å². The number of hydrogen-bond acceptors (Lipinski definition) is 5. The summed E-state index contributed by atoms with van der Waals surface area (Å²) in [6.07, 6.45) is 1.61. The highest BCUT2D eigenvalue weighted by Crippen LogP contribution is 2.28. The standard InChI is InChI=1S/C25H23N3O4S/c1-15-12-17(16(2)27(15)19-6-5-7-21(14-19)32-4)13-22-23(29)26-25(33)28(24(22)30)18-8-10-20(31-3)11-9-18/h5-14H,1-4H3,(H,26,29,33). The van der Waals surface area contributed by atoms with Crippen molar-refractivity contribution in [2.75, 3.05) is 19.1 Å². The van der Waals surface area contributed by atoms with Crippen molar-refractivity contribution in [1.29, 1.82) is 0 Å². The Labute approximate surface area is 197 Å². The summed E-state index contributed by atoms with van der Waals surface area (Å²) in [5, 5.41) is 2.66. The van der Waals surface area contributed by atoms with Crippen LogP contribution in [-0.4, -0.2) is 35.7 Å². The van der Waals surface area contributed by atoms with Gasteiger partial charge in [0.1, 0.15) is 17.1 Å². The van der Waals surface area contributed by atoms with Gasteiger partial charge in [-0.25, -0.2) is 0 Å². The first-order valence-electron chi connectivity index (χ1n) is 10.2. The highest BCUT2D eigenvalue weighted by Gasteiger charge is 2.34. The van der Waals surface area contributed by atoms with Gasteiger partial charge in [0.25, 0.3) is 11.8 Å². The summed E-state index contributed by atoms with van der Waals surface area (Å²) in [4.78, 5) is 27.3. The first-order valence-corrected chi connectivity index (χ1v) is 10.6. The van der Waals surface area contributed by atoms with Crippen molar-refractivity contribution in [3.8, 4) is 17.2 Å². The molecule has 8 heteroatoms. The number of amides is 2. The van der Waals surface area contributed by atoms with E-state index in [4.69, 9.17) is 21.7 Å². The SMILES string of the molecule is COc1ccc(N2C(=O)C(=Cc3cc(C)n(-c4cccc(OC)c4)c3C)C(=O)NC2=S)cc1. The predicted octanol–water partition coefficient (Wildman–Crippen LogP) is 3.94. The number of hydrogen-bond donors (Lipinski definition) is 1. The summed E-state index contributed by atoms with van der Waals surface area (Å²) in [6, 6.07) is 16.5. The molecule has 0 saturated carbocycles. The van der Waals surface area contributed by atoms with E-state index in [-0.39, 0.29) is 10.7 Å². The van der Waals surface area contributed by atoms with Gasteiger partial charge < -0.3 is 14.0 Å². The molecule has 0 spiro atoms. The Hall–Kier alpha value is -3.91. The third-order valence-corrected chi connectivity index (χ3v) is 5.80. The smallest absolute Gasteiger partial charge is 0.270 e. The minimum atomic E-state index is -0.527. The number of methoxy groups -OCH3 is 2. The normalized spacial score (nSPS) is 15.1. The van der Waals surface area contributed by atoms with Crippen LogP contribution < -0.4 is 19.7 Å². The maximum atomic E-state index is 13.3. The molecule has 2 heterocycles. The van der Waals surface area contributed by atoms with E-state index in [0.29, 0.717) is 11.4 Å². The molecule has 3 aromatic rings. The van der Waals surface area contributed by atoms with Crippen molar-refractivity contribution in [1.82, 2.24) is 9.88 Å². The van der Waals surface area contributed by atoms with Crippen molar-refractivity contribution in [3.63, 3.8) is 0 Å². The van der Waals surface area contributed by atoms with Gasteiger partial charge in [-0.15, -0.1) is 0 Å². The zero-order chi connectivity index (χ0) is 23.7. The molecule has 0 unspecified atom stereocenters. The molecule has 2 amide bonds. The molecule has 0 aliphatic carbocycles. The summed E-state index contributed by atoms with van der Waals surface area (Å²) in [5.74, 6) is 0.380. The summed E-state index contributed by atoms with van der Waals surface area (Å²) in [5.41, 5.74) is 4.08. The van der Waals surface area contributed by atoms with E-state index in [1.807, 2.05) is 48.7 Å². The maximum Gasteiger partial charge on any atom is 0.270 e. The monoisotopic (exact) mass is 461 g/mol. The average molecular weight is 462 g/mol. The summed E-state index contributed by atoms with van der Waals surface area (Å²) < 4.78 is 12.6. The Morgan fingerprint density at radius 2 is 1.61 bits per heavy atom. The van der Waals surface area contributed by atoms with E-state index in [1.54, 1.807) is 44.6 Å². The van der Waals surface area contributed by atoms with Crippen LogP contribution in [0.2, 0.25) is 0 Å². The van der Waals surface area contributed by atoms with Crippen molar-refractivity contribution in [2.45, 2.75) is 13.8 Å². The second-order valence-corrected chi connectivity index (χ2v) is 7.91. The molecule has 2 aromatic carbocycles. The Morgan fingerprint density at radius 3 is 2.27 bits per heavy atom. The number of anilines is 1. The molecule has 7 nitrogen and oxygen atoms in total. The lowest BCUT2D eigenvalue weighted by Crippen LogP contribution is -2.54. The van der Waals surface area contributed by atoms with Crippen LogP contribution in [0.25, 0.3) is 11.8 Å². The fourth-order valence-corrected chi connectivity index (χ4v) is 4.14. The second kappa shape index (κ2) is 8.91. The number of nitrogens with zero attached hydrogens (tertiary/aromatic N) is 2. The molecule has 1 N–H and O–H groups in total. The van der Waals surface area contributed by atoms with Crippen LogP contribution in [0.15, 0.2) is 60.2 Å². The number of carbonyl (C=O) groups excluding carboxylic acids is 2. The molecule has 1 saturated heterocycles. The molecule has 0 bridgehead atoms. The highest BCUT2D eigenvalue weighted by molar-refractivity contribution is 7.80. The number of benzene rings is 2. The zero-order valence-electron chi connectivity index (χ0n) is 18.7. The van der Waals surface area contributed by atoms with Gasteiger partial charge in [-0.3, -0.25) is 19.8 Å². The molecular formula is C25H23N3O4S. The van der Waals surface area contributed by atoms with Crippen molar-refractivity contribution in [2.24, 2.45) is 0 Å². The number of aryl methyl sites for hydroxylation is 1. The van der Waals surface area contributed by atoms with E-state index in [0.717, 1.165) is 28.4 Å². The largest absolute Gasteiger partial charge is 0.497 e. The van der Waals surface area contributed by atoms with Crippen LogP contribution >= 0.6 is 12.2 Å². The lowest BCUT2D eigenvalue weighted by Gasteiger charge is -2.29. The van der Waals surface area contributed by atoms with Gasteiger partial charge in [-0.2, -0.15) is 0 Å². The molecule has 1 fully saturated rings. The molecule has 1 aromatic heterocycles. The number of aromatic nitrogens is 1. The van der Waals surface area contributed by atoms with Crippen molar-refractivity contribution >= 4 is 40.9 Å². The zero-order valence-corrected chi connectivity index (χ0v) is 19.5. The van der Waals surface area contributed by atoms with Crippen LogP contribution in [0.3, 0.4) is 0 Å². The lowest BCUT2D eigenvalue weighted by molar-refractivity contribution is -0.122. The molecule has 0 radical (unpaired) electrons. The van der Waals surface area contributed by atoms with Gasteiger partial charge in [0.15, 0.2) is 5.11 Å². The first kappa shape index (κ1) is 22.3. The van der Waals surface area contributed by atoms with Gasteiger partial charge in [0, 0.05) is 23.1 Å². The van der Waals surface area contributed by atoms with E-state index in [9.17, 15) is 9.59 Å². The molecule has 0 atom stereocenters. The minimum absolute atomic E-state index is 0.00492. The van der Waals surface area contributed by atoms with Crippen LogP contribution in [0.4, 0.5) is 5.69 Å². The van der Waals surface area contributed by atoms with E-state index in [2.05, 4.69) is 5.32 Å². The van der Waals surface area contributed by atoms with Crippen molar-refractivity contribution in [3.05, 3.63) is 77.1 Å². The Morgan fingerprint density at radius 1 is 0.909 bits per heavy atom. The molecule has 168 valence electrons. The van der Waals surface area contributed by atoms with Gasteiger partial charge in [0.05, 0.1) is 19.9 Å². The Kier molecular flexibility index (Phi) is 6.02. The number of carbonyl (C=O) groups is 2. The van der Waals surface area contributed by atoms with Crippen LogP contribution in [0.1, 0.15) is 17.0 Å². The van der Waals surface area contributed by atoms with Crippen LogP contribution in [-0.2, 0) is 9.59 Å².